The van der Waals surface area contributed by atoms with Crippen LogP contribution in [-0.2, 0) is 6.42 Å². The quantitative estimate of drug-likeness (QED) is 0.870. The van der Waals surface area contributed by atoms with Crippen molar-refractivity contribution in [2.75, 3.05) is 0 Å². The van der Waals surface area contributed by atoms with Gasteiger partial charge < -0.3 is 5.11 Å². The van der Waals surface area contributed by atoms with Crippen LogP contribution in [0.4, 0.5) is 4.39 Å². The van der Waals surface area contributed by atoms with E-state index in [2.05, 4.69) is 29.8 Å². The van der Waals surface area contributed by atoms with Gasteiger partial charge in [0.25, 0.3) is 0 Å². The summed E-state index contributed by atoms with van der Waals surface area (Å²) in [6, 6.07) is 4.94. The molecule has 0 radical (unpaired) electrons. The molecule has 1 atom stereocenters. The number of rotatable bonds is 5. The van der Waals surface area contributed by atoms with Gasteiger partial charge in [0.1, 0.15) is 5.82 Å². The second kappa shape index (κ2) is 6.36. The summed E-state index contributed by atoms with van der Waals surface area (Å²) in [6.45, 7) is 4.13. The van der Waals surface area contributed by atoms with Crippen LogP contribution in [0.25, 0.3) is 0 Å². The molecular weight excluding hydrogens is 271 g/mol. The van der Waals surface area contributed by atoms with Crippen molar-refractivity contribution in [1.82, 2.24) is 0 Å². The van der Waals surface area contributed by atoms with E-state index in [0.29, 0.717) is 10.9 Å². The van der Waals surface area contributed by atoms with Crippen molar-refractivity contribution in [2.45, 2.75) is 39.2 Å². The highest BCUT2D eigenvalue weighted by Gasteiger charge is 2.17. The fourth-order valence-electron chi connectivity index (χ4n) is 1.93. The predicted octanol–water partition coefficient (Wildman–Crippen LogP) is 3.93. The minimum Gasteiger partial charge on any atom is -0.392 e. The standard InChI is InChI=1S/C13H18BrFO/c1-3-9(4-2)12(16)8-10-6-5-7-11(15)13(10)14/h5-7,9,12,16H,3-4,8H2,1-2H3. The average Bonchev–Trinajstić information content (AvgIpc) is 2.26. The summed E-state index contributed by atoms with van der Waals surface area (Å²) in [5, 5.41) is 10.0. The second-order valence-corrected chi connectivity index (χ2v) is 4.85. The monoisotopic (exact) mass is 288 g/mol. The van der Waals surface area contributed by atoms with Gasteiger partial charge >= 0.3 is 0 Å². The number of halogens is 2. The molecule has 1 rings (SSSR count). The van der Waals surface area contributed by atoms with Gasteiger partial charge in [-0.1, -0.05) is 38.8 Å². The third-order valence-corrected chi connectivity index (χ3v) is 3.94. The Balaban J connectivity index is 2.76. The van der Waals surface area contributed by atoms with Crippen LogP contribution in [0.3, 0.4) is 0 Å². The zero-order valence-electron chi connectivity index (χ0n) is 9.71. The molecular formula is C13H18BrFO. The molecule has 0 aliphatic rings. The van der Waals surface area contributed by atoms with E-state index in [-0.39, 0.29) is 11.7 Å². The van der Waals surface area contributed by atoms with Crippen molar-refractivity contribution >= 4 is 15.9 Å². The number of hydrogen-bond acceptors (Lipinski definition) is 1. The first kappa shape index (κ1) is 13.7. The normalized spacial score (nSPS) is 13.1. The Morgan fingerprint density at radius 2 is 1.94 bits per heavy atom. The SMILES string of the molecule is CCC(CC)C(O)Cc1cccc(F)c1Br. The summed E-state index contributed by atoms with van der Waals surface area (Å²) in [5.74, 6) is 0.0180. The van der Waals surface area contributed by atoms with Crippen molar-refractivity contribution in [3.05, 3.63) is 34.1 Å². The Hall–Kier alpha value is -0.410. The molecule has 1 aromatic carbocycles. The number of aliphatic hydroxyl groups is 1. The first-order valence-corrected chi connectivity index (χ1v) is 6.50. The second-order valence-electron chi connectivity index (χ2n) is 4.06. The van der Waals surface area contributed by atoms with Crippen LogP contribution in [0.5, 0.6) is 0 Å². The zero-order valence-corrected chi connectivity index (χ0v) is 11.3. The van der Waals surface area contributed by atoms with Crippen LogP contribution in [0.1, 0.15) is 32.3 Å². The minimum absolute atomic E-state index is 0.269. The predicted molar refractivity (Wildman–Crippen MR) is 67.9 cm³/mol. The van der Waals surface area contributed by atoms with E-state index in [4.69, 9.17) is 0 Å². The molecule has 0 aromatic heterocycles. The average molecular weight is 289 g/mol. The van der Waals surface area contributed by atoms with Crippen molar-refractivity contribution in [3.63, 3.8) is 0 Å². The van der Waals surface area contributed by atoms with E-state index in [1.807, 2.05) is 6.07 Å². The molecule has 0 spiro atoms. The lowest BCUT2D eigenvalue weighted by molar-refractivity contribution is 0.103. The maximum Gasteiger partial charge on any atom is 0.137 e. The van der Waals surface area contributed by atoms with Crippen molar-refractivity contribution in [2.24, 2.45) is 5.92 Å². The molecule has 0 fully saturated rings. The molecule has 0 aliphatic carbocycles. The molecule has 0 heterocycles. The minimum atomic E-state index is -0.395. The Morgan fingerprint density at radius 1 is 1.31 bits per heavy atom. The molecule has 1 nitrogen and oxygen atoms in total. The van der Waals surface area contributed by atoms with Crippen LogP contribution in [0.15, 0.2) is 22.7 Å². The molecule has 0 aliphatic heterocycles. The van der Waals surface area contributed by atoms with Gasteiger partial charge in [-0.25, -0.2) is 4.39 Å². The van der Waals surface area contributed by atoms with Crippen LogP contribution >= 0.6 is 15.9 Å². The summed E-state index contributed by atoms with van der Waals surface area (Å²) in [6.07, 6.45) is 2.01. The van der Waals surface area contributed by atoms with Gasteiger partial charge in [-0.05, 0) is 39.9 Å². The van der Waals surface area contributed by atoms with Crippen LogP contribution < -0.4 is 0 Å². The van der Waals surface area contributed by atoms with Crippen LogP contribution in [-0.4, -0.2) is 11.2 Å². The smallest absolute Gasteiger partial charge is 0.137 e. The van der Waals surface area contributed by atoms with E-state index < -0.39 is 6.10 Å². The van der Waals surface area contributed by atoms with Gasteiger partial charge in [-0.15, -0.1) is 0 Å². The maximum atomic E-state index is 13.3. The van der Waals surface area contributed by atoms with E-state index >= 15 is 0 Å². The van der Waals surface area contributed by atoms with Crippen LogP contribution in [0.2, 0.25) is 0 Å². The highest BCUT2D eigenvalue weighted by molar-refractivity contribution is 9.10. The first-order chi connectivity index (χ1) is 7.60. The first-order valence-electron chi connectivity index (χ1n) is 5.71. The Kier molecular flexibility index (Phi) is 5.42. The Bertz CT molecular complexity index is 337. The highest BCUT2D eigenvalue weighted by Crippen LogP contribution is 2.24. The molecule has 0 saturated carbocycles. The lowest BCUT2D eigenvalue weighted by Gasteiger charge is -2.20. The largest absolute Gasteiger partial charge is 0.392 e. The van der Waals surface area contributed by atoms with E-state index in [0.717, 1.165) is 18.4 Å². The van der Waals surface area contributed by atoms with E-state index in [1.165, 1.54) is 6.07 Å². The molecule has 3 heteroatoms. The van der Waals surface area contributed by atoms with Gasteiger partial charge in [-0.2, -0.15) is 0 Å². The Labute approximate surface area is 105 Å². The summed E-state index contributed by atoms with van der Waals surface area (Å²) in [7, 11) is 0. The van der Waals surface area contributed by atoms with Gasteiger partial charge in [0.15, 0.2) is 0 Å². The number of benzene rings is 1. The van der Waals surface area contributed by atoms with Crippen molar-refractivity contribution in [3.8, 4) is 0 Å². The molecule has 16 heavy (non-hydrogen) atoms. The lowest BCUT2D eigenvalue weighted by atomic mass is 9.92. The lowest BCUT2D eigenvalue weighted by Crippen LogP contribution is -2.22. The molecule has 0 bridgehead atoms. The fourth-order valence-corrected chi connectivity index (χ4v) is 2.36. The van der Waals surface area contributed by atoms with Gasteiger partial charge in [0.2, 0.25) is 0 Å². The molecule has 0 saturated heterocycles. The zero-order chi connectivity index (χ0) is 12.1. The summed E-state index contributed by atoms with van der Waals surface area (Å²) in [5.41, 5.74) is 0.833. The summed E-state index contributed by atoms with van der Waals surface area (Å²) < 4.78 is 13.7. The third kappa shape index (κ3) is 3.29. The van der Waals surface area contributed by atoms with Gasteiger partial charge in [-0.3, -0.25) is 0 Å². The molecule has 90 valence electrons. The third-order valence-electron chi connectivity index (χ3n) is 3.05. The van der Waals surface area contributed by atoms with E-state index in [9.17, 15) is 9.50 Å². The van der Waals surface area contributed by atoms with Gasteiger partial charge in [0.05, 0.1) is 10.6 Å². The van der Waals surface area contributed by atoms with E-state index in [1.54, 1.807) is 6.07 Å². The summed E-state index contributed by atoms with van der Waals surface area (Å²) in [4.78, 5) is 0. The maximum absolute atomic E-state index is 13.3. The van der Waals surface area contributed by atoms with Crippen molar-refractivity contribution < 1.29 is 9.50 Å². The van der Waals surface area contributed by atoms with Gasteiger partial charge in [0, 0.05) is 0 Å². The van der Waals surface area contributed by atoms with Crippen molar-refractivity contribution in [1.29, 1.82) is 0 Å². The van der Waals surface area contributed by atoms with Crippen LogP contribution in [0, 0.1) is 11.7 Å². The highest BCUT2D eigenvalue weighted by atomic mass is 79.9. The number of aliphatic hydroxyl groups excluding tert-OH is 1. The fraction of sp³-hybridized carbons (Fsp3) is 0.538. The molecule has 0 amide bonds. The molecule has 1 aromatic rings. The topological polar surface area (TPSA) is 20.2 Å². The number of hydrogen-bond donors (Lipinski definition) is 1. The molecule has 1 unspecified atom stereocenters. The summed E-state index contributed by atoms with van der Waals surface area (Å²) >= 11 is 3.22. The Morgan fingerprint density at radius 3 is 2.50 bits per heavy atom. The molecule has 1 N–H and O–H groups in total.